The summed E-state index contributed by atoms with van der Waals surface area (Å²) in [7, 11) is 0. The maximum absolute atomic E-state index is 5.45. The van der Waals surface area contributed by atoms with Crippen molar-refractivity contribution < 1.29 is 0 Å². The fourth-order valence-electron chi connectivity index (χ4n) is 7.85. The Bertz CT molecular complexity index is 2260. The Kier molecular flexibility index (Phi) is 7.37. The number of rotatable bonds is 6. The van der Waals surface area contributed by atoms with Crippen LogP contribution in [0.5, 0.6) is 0 Å². The predicted molar refractivity (Wildman–Crippen MR) is 207 cm³/mol. The molecule has 0 amide bonds. The first-order valence-corrected chi connectivity index (χ1v) is 18.5. The van der Waals surface area contributed by atoms with Gasteiger partial charge >= 0.3 is 0 Å². The van der Waals surface area contributed by atoms with Crippen molar-refractivity contribution >= 4 is 33.8 Å². The first-order valence-electron chi connectivity index (χ1n) is 16.8. The largest absolute Gasteiger partial charge is 0.244 e. The Morgan fingerprint density at radius 1 is 0.531 bits per heavy atom. The smallest absolute Gasteiger partial charge is 0.0904 e. The van der Waals surface area contributed by atoms with Gasteiger partial charge in [0.15, 0.2) is 0 Å². The number of hydrogen-bond acceptors (Lipinski definition) is 4. The van der Waals surface area contributed by atoms with Gasteiger partial charge in [-0.3, -0.25) is 0 Å². The molecule has 0 radical (unpaired) electrons. The molecule has 9 rings (SSSR count). The zero-order chi connectivity index (χ0) is 33.0. The number of fused-ring (bicyclic) bond motifs is 3. The molecule has 5 aromatic carbocycles. The molecular weight excluding hydrogens is 633 g/mol. The average Bonchev–Trinajstić information content (AvgIpc) is 3.81. The lowest BCUT2D eigenvalue weighted by Crippen LogP contribution is -2.37. The van der Waals surface area contributed by atoms with Gasteiger partial charge in [0, 0.05) is 5.92 Å². The lowest BCUT2D eigenvalue weighted by Gasteiger charge is -2.39. The highest BCUT2D eigenvalue weighted by Crippen LogP contribution is 2.62. The molecule has 2 heterocycles. The van der Waals surface area contributed by atoms with Gasteiger partial charge in [0.2, 0.25) is 0 Å². The molecule has 0 aliphatic heterocycles. The van der Waals surface area contributed by atoms with E-state index in [-0.39, 0.29) is 5.92 Å². The number of nitrogens with zero attached hydrogens (tertiary/aromatic N) is 2. The molecule has 7 aromatic rings. The number of hydrogen-bond donors (Lipinski definition) is 0. The van der Waals surface area contributed by atoms with Crippen molar-refractivity contribution in [2.75, 3.05) is 0 Å². The zero-order valence-corrected chi connectivity index (χ0v) is 29.1. The summed E-state index contributed by atoms with van der Waals surface area (Å²) in [6, 6.07) is 50.5. The zero-order valence-electron chi connectivity index (χ0n) is 27.4. The second-order valence-corrected chi connectivity index (χ2v) is 15.4. The minimum absolute atomic E-state index is 0.0561. The number of aryl methyl sites for hydroxylation is 2. The van der Waals surface area contributed by atoms with Gasteiger partial charge in [0.05, 0.1) is 36.6 Å². The van der Waals surface area contributed by atoms with E-state index in [1.165, 1.54) is 59.8 Å². The van der Waals surface area contributed by atoms with Gasteiger partial charge in [0.1, 0.15) is 0 Å². The molecule has 0 spiro atoms. The Hall–Kier alpha value is -5.16. The SMILES string of the molecule is Cc1nc2c(s1)-c1sc(C)nc1C2(c1cc(-c2ccccc2)cc(-c2ccccc2)c1)C1C=C(c2ccccc2)C=C(c2ccccc2)C1. The lowest BCUT2D eigenvalue weighted by atomic mass is 9.63. The summed E-state index contributed by atoms with van der Waals surface area (Å²) >= 11 is 3.63. The van der Waals surface area contributed by atoms with Crippen molar-refractivity contribution in [1.82, 2.24) is 9.97 Å². The summed E-state index contributed by atoms with van der Waals surface area (Å²) in [5.74, 6) is 0.0561. The number of benzene rings is 5. The fourth-order valence-corrected chi connectivity index (χ4v) is 9.95. The summed E-state index contributed by atoms with van der Waals surface area (Å²) in [4.78, 5) is 13.4. The maximum Gasteiger partial charge on any atom is 0.0904 e. The van der Waals surface area contributed by atoms with Crippen LogP contribution in [-0.4, -0.2) is 9.97 Å². The standard InChI is InChI=1S/C45H34N2S2/c1-29-46-43-41(48-29)42-44(47-30(2)49-42)45(43,39-25-35(31-15-7-3-8-16-31)23-36(26-39)32-17-9-4-10-18-32)40-27-37(33-19-11-5-12-20-33)24-38(28-40)34-21-13-6-14-22-34/h3-27,40H,28H2,1-2H3. The molecule has 1 unspecified atom stereocenters. The normalized spacial score (nSPS) is 16.1. The van der Waals surface area contributed by atoms with Crippen LogP contribution in [0.3, 0.4) is 0 Å². The first kappa shape index (κ1) is 29.9. The van der Waals surface area contributed by atoms with E-state index < -0.39 is 5.41 Å². The van der Waals surface area contributed by atoms with Crippen molar-refractivity contribution in [3.63, 3.8) is 0 Å². The molecule has 0 N–H and O–H groups in total. The van der Waals surface area contributed by atoms with Crippen molar-refractivity contribution in [1.29, 1.82) is 0 Å². The van der Waals surface area contributed by atoms with E-state index in [4.69, 9.17) is 9.97 Å². The van der Waals surface area contributed by atoms with E-state index in [1.807, 2.05) is 22.7 Å². The quantitative estimate of drug-likeness (QED) is 0.177. The van der Waals surface area contributed by atoms with Gasteiger partial charge in [-0.05, 0) is 88.6 Å². The van der Waals surface area contributed by atoms with E-state index in [1.54, 1.807) is 0 Å². The molecule has 0 saturated heterocycles. The van der Waals surface area contributed by atoms with Crippen LogP contribution in [0, 0.1) is 19.8 Å². The number of aromatic nitrogens is 2. The predicted octanol–water partition coefficient (Wildman–Crippen LogP) is 12.1. The van der Waals surface area contributed by atoms with Crippen LogP contribution in [0.4, 0.5) is 0 Å². The lowest BCUT2D eigenvalue weighted by molar-refractivity contribution is 0.444. The van der Waals surface area contributed by atoms with Crippen LogP contribution < -0.4 is 0 Å². The molecule has 2 aromatic heterocycles. The van der Waals surface area contributed by atoms with E-state index in [0.29, 0.717) is 0 Å². The summed E-state index contributed by atoms with van der Waals surface area (Å²) in [6.07, 6.45) is 5.80. The fraction of sp³-hybridized carbons (Fsp3) is 0.111. The van der Waals surface area contributed by atoms with E-state index in [9.17, 15) is 0 Å². The molecule has 236 valence electrons. The van der Waals surface area contributed by atoms with Gasteiger partial charge in [-0.15, -0.1) is 22.7 Å². The van der Waals surface area contributed by atoms with Crippen molar-refractivity contribution in [3.05, 3.63) is 190 Å². The van der Waals surface area contributed by atoms with Crippen LogP contribution in [0.25, 0.3) is 43.2 Å². The third kappa shape index (κ3) is 5.06. The van der Waals surface area contributed by atoms with Crippen molar-refractivity contribution in [2.45, 2.75) is 25.7 Å². The Morgan fingerprint density at radius 2 is 0.980 bits per heavy atom. The van der Waals surface area contributed by atoms with Gasteiger partial charge in [0.25, 0.3) is 0 Å². The highest BCUT2D eigenvalue weighted by molar-refractivity contribution is 7.22. The highest BCUT2D eigenvalue weighted by Gasteiger charge is 2.55. The Morgan fingerprint density at radius 3 is 1.47 bits per heavy atom. The molecule has 0 bridgehead atoms. The molecule has 4 heteroatoms. The molecule has 0 fully saturated rings. The van der Waals surface area contributed by atoms with Gasteiger partial charge in [-0.25, -0.2) is 9.97 Å². The third-order valence-corrected chi connectivity index (χ3v) is 12.1. The molecule has 0 saturated carbocycles. The average molecular weight is 667 g/mol. The second-order valence-electron chi connectivity index (χ2n) is 13.0. The van der Waals surface area contributed by atoms with Crippen LogP contribution in [0.15, 0.2) is 152 Å². The third-order valence-electron chi connectivity index (χ3n) is 9.98. The summed E-state index contributed by atoms with van der Waals surface area (Å²) in [5.41, 5.74) is 12.8. The minimum Gasteiger partial charge on any atom is -0.244 e. The summed E-state index contributed by atoms with van der Waals surface area (Å²) < 4.78 is 0. The molecule has 1 atom stereocenters. The van der Waals surface area contributed by atoms with Gasteiger partial charge in [-0.1, -0.05) is 133 Å². The topological polar surface area (TPSA) is 25.8 Å². The summed E-state index contributed by atoms with van der Waals surface area (Å²) in [5, 5.41) is 2.19. The second kappa shape index (κ2) is 12.1. The van der Waals surface area contributed by atoms with Gasteiger partial charge in [-0.2, -0.15) is 0 Å². The van der Waals surface area contributed by atoms with Gasteiger partial charge < -0.3 is 0 Å². The number of allylic oxidation sites excluding steroid dienone is 4. The highest BCUT2D eigenvalue weighted by atomic mass is 32.1. The van der Waals surface area contributed by atoms with Crippen LogP contribution in [0.2, 0.25) is 0 Å². The first-order chi connectivity index (χ1) is 24.1. The molecule has 2 aliphatic rings. The van der Waals surface area contributed by atoms with E-state index in [0.717, 1.165) is 27.8 Å². The molecule has 2 aliphatic carbocycles. The Balaban J connectivity index is 1.37. The molecule has 49 heavy (non-hydrogen) atoms. The minimum atomic E-state index is -0.594. The van der Waals surface area contributed by atoms with E-state index in [2.05, 4.69) is 166 Å². The van der Waals surface area contributed by atoms with Crippen LogP contribution >= 0.6 is 22.7 Å². The summed E-state index contributed by atoms with van der Waals surface area (Å²) in [6.45, 7) is 4.30. The molecule has 2 nitrogen and oxygen atoms in total. The monoisotopic (exact) mass is 666 g/mol. The Labute approximate surface area is 295 Å². The van der Waals surface area contributed by atoms with Crippen LogP contribution in [0.1, 0.15) is 44.5 Å². The van der Waals surface area contributed by atoms with Crippen LogP contribution in [-0.2, 0) is 5.41 Å². The van der Waals surface area contributed by atoms with Crippen molar-refractivity contribution in [2.24, 2.45) is 5.92 Å². The number of thiazole rings is 2. The van der Waals surface area contributed by atoms with Crippen molar-refractivity contribution in [3.8, 4) is 32.0 Å². The molecular formula is C45H34N2S2. The maximum atomic E-state index is 5.45. The van der Waals surface area contributed by atoms with E-state index >= 15 is 0 Å².